The molecule has 8 heteroatoms. The van der Waals surface area contributed by atoms with E-state index >= 15 is 0 Å². The molecule has 1 atom stereocenters. The Bertz CT molecular complexity index is 1520. The first-order valence-corrected chi connectivity index (χ1v) is 12.8. The average molecular weight is 510 g/mol. The summed E-state index contributed by atoms with van der Waals surface area (Å²) in [5.41, 5.74) is 6.57. The number of rotatable bonds is 7. The van der Waals surface area contributed by atoms with Crippen LogP contribution >= 0.6 is 11.8 Å². The number of H-pyrrole nitrogens is 2. The zero-order valence-electron chi connectivity index (χ0n) is 20.8. The number of nitrogens with zero attached hydrogens (tertiary/aromatic N) is 2. The fourth-order valence-electron chi connectivity index (χ4n) is 3.94. The lowest BCUT2D eigenvalue weighted by molar-refractivity contribution is -0.115. The largest absolute Gasteiger partial charge is 0.332 e. The second kappa shape index (κ2) is 10.4. The number of amides is 1. The zero-order valence-corrected chi connectivity index (χ0v) is 21.6. The lowest BCUT2D eigenvalue weighted by Crippen LogP contribution is -2.22. The average Bonchev–Trinajstić information content (AvgIpc) is 3.48. The molecule has 2 aromatic heterocycles. The topological polar surface area (TPSA) is 95.6 Å². The molecule has 1 unspecified atom stereocenters. The van der Waals surface area contributed by atoms with Crippen LogP contribution in [0.2, 0.25) is 0 Å². The van der Waals surface area contributed by atoms with E-state index in [1.807, 2.05) is 37.3 Å². The number of carbonyl (C=O) groups is 1. The molecular weight excluding hydrogens is 482 g/mol. The third kappa shape index (κ3) is 5.44. The van der Waals surface area contributed by atoms with Gasteiger partial charge in [0.1, 0.15) is 5.82 Å². The number of aromatic amines is 2. The maximum absolute atomic E-state index is 13.0. The molecule has 0 radical (unpaired) electrons. The predicted molar refractivity (Wildman–Crippen MR) is 149 cm³/mol. The monoisotopic (exact) mass is 509 g/mol. The Hall–Kier alpha value is -4.30. The third-order valence-corrected chi connectivity index (χ3v) is 6.98. The van der Waals surface area contributed by atoms with Gasteiger partial charge in [-0.05, 0) is 32.9 Å². The Morgan fingerprint density at radius 2 is 1.54 bits per heavy atom. The summed E-state index contributed by atoms with van der Waals surface area (Å²) in [5, 5.41) is 5.94. The molecule has 5 rings (SSSR count). The molecule has 0 bridgehead atoms. The quantitative estimate of drug-likeness (QED) is 0.236. The van der Waals surface area contributed by atoms with Gasteiger partial charge in [-0.15, -0.1) is 0 Å². The van der Waals surface area contributed by atoms with E-state index in [0.29, 0.717) is 16.7 Å². The number of benzene rings is 3. The minimum absolute atomic E-state index is 0.239. The minimum Gasteiger partial charge on any atom is -0.332 e. The molecule has 0 fully saturated rings. The van der Waals surface area contributed by atoms with Crippen LogP contribution in [0, 0.1) is 13.8 Å². The molecule has 3 aromatic carbocycles. The second-order valence-corrected chi connectivity index (χ2v) is 10.3. The molecule has 37 heavy (non-hydrogen) atoms. The van der Waals surface area contributed by atoms with E-state index in [4.69, 9.17) is 4.98 Å². The van der Waals surface area contributed by atoms with Crippen LogP contribution in [-0.4, -0.2) is 30.9 Å². The van der Waals surface area contributed by atoms with Gasteiger partial charge in [0, 0.05) is 17.2 Å². The second-order valence-electron chi connectivity index (χ2n) is 8.93. The van der Waals surface area contributed by atoms with Crippen LogP contribution < -0.4 is 10.9 Å². The number of hydrogen-bond acceptors (Lipinski definition) is 4. The molecule has 0 saturated heterocycles. The molecule has 5 aromatic rings. The Kier molecular flexibility index (Phi) is 6.83. The summed E-state index contributed by atoms with van der Waals surface area (Å²) in [6.45, 7) is 5.92. The maximum Gasteiger partial charge on any atom is 0.273 e. The van der Waals surface area contributed by atoms with Crippen molar-refractivity contribution in [3.63, 3.8) is 0 Å². The van der Waals surface area contributed by atoms with Gasteiger partial charge in [-0.3, -0.25) is 14.7 Å². The van der Waals surface area contributed by atoms with E-state index in [1.54, 1.807) is 0 Å². The van der Waals surface area contributed by atoms with Crippen molar-refractivity contribution in [1.29, 1.82) is 0 Å². The van der Waals surface area contributed by atoms with Gasteiger partial charge < -0.3 is 10.3 Å². The normalized spacial score (nSPS) is 11.9. The number of aromatic nitrogens is 4. The molecule has 7 nitrogen and oxygen atoms in total. The van der Waals surface area contributed by atoms with Crippen molar-refractivity contribution in [2.24, 2.45) is 0 Å². The summed E-state index contributed by atoms with van der Waals surface area (Å²) in [6.07, 6.45) is 0. The molecule has 0 aliphatic rings. The van der Waals surface area contributed by atoms with Gasteiger partial charge in [0.05, 0.1) is 22.3 Å². The van der Waals surface area contributed by atoms with Crippen LogP contribution in [0.1, 0.15) is 18.1 Å². The molecule has 0 aliphatic heterocycles. The van der Waals surface area contributed by atoms with Crippen molar-refractivity contribution in [2.45, 2.75) is 31.2 Å². The van der Waals surface area contributed by atoms with E-state index in [0.717, 1.165) is 22.5 Å². The summed E-state index contributed by atoms with van der Waals surface area (Å²) >= 11 is 1.33. The van der Waals surface area contributed by atoms with E-state index in [-0.39, 0.29) is 11.5 Å². The van der Waals surface area contributed by atoms with E-state index in [2.05, 4.69) is 77.8 Å². The van der Waals surface area contributed by atoms with Gasteiger partial charge in [-0.2, -0.15) is 0 Å². The first-order valence-electron chi connectivity index (χ1n) is 12.0. The Morgan fingerprint density at radius 1 is 0.919 bits per heavy atom. The number of anilines is 1. The highest BCUT2D eigenvalue weighted by Gasteiger charge is 2.21. The summed E-state index contributed by atoms with van der Waals surface area (Å²) in [4.78, 5) is 33.7. The number of hydrogen-bond donors (Lipinski definition) is 3. The Labute approximate surface area is 219 Å². The molecular formula is C29H27N5O2S. The molecule has 1 amide bonds. The summed E-state index contributed by atoms with van der Waals surface area (Å²) < 4.78 is 1.39. The lowest BCUT2D eigenvalue weighted by Gasteiger charge is -2.09. The summed E-state index contributed by atoms with van der Waals surface area (Å²) in [5.74, 6) is 0.100. The smallest absolute Gasteiger partial charge is 0.273 e. The fourth-order valence-corrected chi connectivity index (χ4v) is 4.75. The van der Waals surface area contributed by atoms with E-state index < -0.39 is 5.25 Å². The fraction of sp³-hybridized carbons (Fsp3) is 0.138. The molecule has 0 spiro atoms. The van der Waals surface area contributed by atoms with Crippen LogP contribution in [0.15, 0.2) is 94.9 Å². The molecule has 3 N–H and O–H groups in total. The zero-order chi connectivity index (χ0) is 25.9. The first-order chi connectivity index (χ1) is 17.9. The van der Waals surface area contributed by atoms with Crippen molar-refractivity contribution in [3.8, 4) is 28.2 Å². The van der Waals surface area contributed by atoms with E-state index in [1.165, 1.54) is 33.6 Å². The maximum atomic E-state index is 13.0. The van der Waals surface area contributed by atoms with E-state index in [9.17, 15) is 9.59 Å². The van der Waals surface area contributed by atoms with Crippen LogP contribution in [0.3, 0.4) is 0 Å². The lowest BCUT2D eigenvalue weighted by atomic mass is 10.0. The van der Waals surface area contributed by atoms with Crippen molar-refractivity contribution >= 4 is 23.5 Å². The Balaban J connectivity index is 1.37. The van der Waals surface area contributed by atoms with Crippen molar-refractivity contribution < 1.29 is 4.79 Å². The van der Waals surface area contributed by atoms with Crippen LogP contribution in [0.4, 0.5) is 5.82 Å². The number of imidazole rings is 1. The number of aryl methyl sites for hydroxylation is 2. The van der Waals surface area contributed by atoms with Gasteiger partial charge in [0.2, 0.25) is 5.91 Å². The van der Waals surface area contributed by atoms with Gasteiger partial charge in [-0.25, -0.2) is 9.67 Å². The standard InChI is InChI=1S/C29H27N5O2S/c1-18-9-13-21(14-10-18)26-27(22-15-11-19(2)12-16-22)32-29(31-26)37-20(3)28(36)30-24-17-25(35)34(33-24)23-7-5-4-6-8-23/h4-17,20,33H,1-3H3,(H,30,36)(H,31,32). The van der Waals surface area contributed by atoms with Gasteiger partial charge >= 0.3 is 0 Å². The highest BCUT2D eigenvalue weighted by atomic mass is 32.2. The van der Waals surface area contributed by atoms with Gasteiger partial charge in [-0.1, -0.05) is 89.6 Å². The molecule has 186 valence electrons. The minimum atomic E-state index is -0.466. The van der Waals surface area contributed by atoms with Crippen LogP contribution in [-0.2, 0) is 4.79 Å². The number of carbonyl (C=O) groups excluding carboxylic acids is 1. The number of nitrogens with one attached hydrogen (secondary N) is 3. The highest BCUT2D eigenvalue weighted by molar-refractivity contribution is 8.00. The third-order valence-electron chi connectivity index (χ3n) is 6.00. The molecule has 0 saturated carbocycles. The summed E-state index contributed by atoms with van der Waals surface area (Å²) in [6, 6.07) is 27.1. The molecule has 0 aliphatic carbocycles. The van der Waals surface area contributed by atoms with Crippen molar-refractivity contribution in [2.75, 3.05) is 5.32 Å². The first kappa shape index (κ1) is 24.4. The number of para-hydroxylation sites is 1. The van der Waals surface area contributed by atoms with Crippen LogP contribution in [0.25, 0.3) is 28.2 Å². The van der Waals surface area contributed by atoms with Gasteiger partial charge in [0.25, 0.3) is 5.56 Å². The van der Waals surface area contributed by atoms with Crippen molar-refractivity contribution in [3.05, 3.63) is 106 Å². The Morgan fingerprint density at radius 3 is 2.19 bits per heavy atom. The predicted octanol–water partition coefficient (Wildman–Crippen LogP) is 5.96. The van der Waals surface area contributed by atoms with Gasteiger partial charge in [0.15, 0.2) is 5.16 Å². The summed E-state index contributed by atoms with van der Waals surface area (Å²) in [7, 11) is 0. The SMILES string of the molecule is Cc1ccc(-c2nc(SC(C)C(=O)Nc3cc(=O)n(-c4ccccc4)[nH]3)[nH]c2-c2ccc(C)cc2)cc1. The number of thioether (sulfide) groups is 1. The van der Waals surface area contributed by atoms with Crippen molar-refractivity contribution in [1.82, 2.24) is 19.7 Å². The highest BCUT2D eigenvalue weighted by Crippen LogP contribution is 2.34. The molecule has 2 heterocycles. The van der Waals surface area contributed by atoms with Crippen LogP contribution in [0.5, 0.6) is 0 Å².